The normalized spacial score (nSPS) is 5.57. The van der Waals surface area contributed by atoms with Gasteiger partial charge in [0.05, 0.1) is 0 Å². The zero-order valence-corrected chi connectivity index (χ0v) is 5.19. The topological polar surface area (TPSA) is 17.1 Å². The largest absolute Gasteiger partial charge is 0.300 e. The van der Waals surface area contributed by atoms with Crippen molar-refractivity contribution in [2.24, 2.45) is 0 Å². The van der Waals surface area contributed by atoms with E-state index < -0.39 is 0 Å². The minimum atomic E-state index is 0.167. The summed E-state index contributed by atoms with van der Waals surface area (Å²) in [6.45, 7) is 8.31. The summed E-state index contributed by atoms with van der Waals surface area (Å²) in [5.41, 5.74) is 0. The third-order valence-corrected chi connectivity index (χ3v) is 0. The number of hydrogen-bond donors (Lipinski definition) is 0. The summed E-state index contributed by atoms with van der Waals surface area (Å²) < 4.78 is 0. The molecule has 0 saturated carbocycles. The molecular weight excluding hydrogens is 88.1 g/mol. The smallest absolute Gasteiger partial charge is 0.126 e. The molecule has 0 saturated heterocycles. The molecule has 0 aromatic carbocycles. The van der Waals surface area contributed by atoms with Gasteiger partial charge in [-0.3, -0.25) is 0 Å². The highest BCUT2D eigenvalue weighted by atomic mass is 16.1. The Bertz CT molecular complexity index is 51.2. The SMILES string of the molecule is C=CC.CC(C)=O. The van der Waals surface area contributed by atoms with E-state index in [1.807, 2.05) is 6.92 Å². The van der Waals surface area contributed by atoms with E-state index in [2.05, 4.69) is 6.58 Å². The van der Waals surface area contributed by atoms with Gasteiger partial charge in [-0.2, -0.15) is 0 Å². The second-order valence-electron chi connectivity index (χ2n) is 1.32. The molecule has 0 heterocycles. The van der Waals surface area contributed by atoms with Gasteiger partial charge in [0.1, 0.15) is 5.78 Å². The summed E-state index contributed by atoms with van der Waals surface area (Å²) in [7, 11) is 0. The molecule has 0 unspecified atom stereocenters. The Morgan fingerprint density at radius 3 is 1.57 bits per heavy atom. The second kappa shape index (κ2) is 9.05. The maximum absolute atomic E-state index is 9.44. The Labute approximate surface area is 45.0 Å². The van der Waals surface area contributed by atoms with E-state index in [0.29, 0.717) is 0 Å². The molecule has 0 bridgehead atoms. The summed E-state index contributed by atoms with van der Waals surface area (Å²) in [5.74, 6) is 0.167. The molecule has 0 aromatic heterocycles. The Balaban J connectivity index is 0. The average Bonchev–Trinajstić information content (AvgIpc) is 1.33. The Morgan fingerprint density at radius 1 is 1.57 bits per heavy atom. The Kier molecular flexibility index (Phi) is 12.5. The maximum atomic E-state index is 9.44. The van der Waals surface area contributed by atoms with Crippen molar-refractivity contribution in [3.05, 3.63) is 12.7 Å². The minimum absolute atomic E-state index is 0.167. The lowest BCUT2D eigenvalue weighted by molar-refractivity contribution is -0.114. The fourth-order valence-electron chi connectivity index (χ4n) is 0. The van der Waals surface area contributed by atoms with Crippen LogP contribution in [0.5, 0.6) is 0 Å². The lowest BCUT2D eigenvalue weighted by Crippen LogP contribution is -1.69. The zero-order valence-electron chi connectivity index (χ0n) is 5.19. The third kappa shape index (κ3) is 181. The first-order valence-corrected chi connectivity index (χ1v) is 2.19. The monoisotopic (exact) mass is 100 g/mol. The molecule has 0 atom stereocenters. The van der Waals surface area contributed by atoms with Crippen LogP contribution < -0.4 is 0 Å². The van der Waals surface area contributed by atoms with Crippen molar-refractivity contribution >= 4 is 5.78 Å². The van der Waals surface area contributed by atoms with Crippen molar-refractivity contribution in [1.29, 1.82) is 0 Å². The summed E-state index contributed by atoms with van der Waals surface area (Å²) in [4.78, 5) is 9.44. The molecule has 1 heteroatoms. The quantitative estimate of drug-likeness (QED) is 0.424. The van der Waals surface area contributed by atoms with Crippen LogP contribution in [0.15, 0.2) is 12.7 Å². The Morgan fingerprint density at radius 2 is 1.57 bits per heavy atom. The van der Waals surface area contributed by atoms with Gasteiger partial charge < -0.3 is 4.79 Å². The van der Waals surface area contributed by atoms with Crippen LogP contribution >= 0.6 is 0 Å². The van der Waals surface area contributed by atoms with Crippen LogP contribution in [0.4, 0.5) is 0 Å². The van der Waals surface area contributed by atoms with E-state index in [0.717, 1.165) is 0 Å². The lowest BCUT2D eigenvalue weighted by Gasteiger charge is -1.56. The molecule has 42 valence electrons. The molecule has 0 rings (SSSR count). The summed E-state index contributed by atoms with van der Waals surface area (Å²) in [6, 6.07) is 0. The summed E-state index contributed by atoms with van der Waals surface area (Å²) in [6.07, 6.45) is 1.75. The number of allylic oxidation sites excluding steroid dienone is 1. The molecular formula is C6H12O. The van der Waals surface area contributed by atoms with E-state index in [4.69, 9.17) is 0 Å². The molecule has 1 nitrogen and oxygen atoms in total. The zero-order chi connectivity index (χ0) is 6.28. The van der Waals surface area contributed by atoms with E-state index in [-0.39, 0.29) is 5.78 Å². The Hall–Kier alpha value is -0.590. The molecule has 7 heavy (non-hydrogen) atoms. The van der Waals surface area contributed by atoms with E-state index in [9.17, 15) is 4.79 Å². The third-order valence-electron chi connectivity index (χ3n) is 0. The number of ketones is 1. The first-order chi connectivity index (χ1) is 3.15. The van der Waals surface area contributed by atoms with Gasteiger partial charge in [-0.25, -0.2) is 0 Å². The van der Waals surface area contributed by atoms with Gasteiger partial charge in [-0.15, -0.1) is 6.58 Å². The first-order valence-electron chi connectivity index (χ1n) is 2.19. The van der Waals surface area contributed by atoms with Crippen molar-refractivity contribution in [1.82, 2.24) is 0 Å². The van der Waals surface area contributed by atoms with Gasteiger partial charge in [-0.1, -0.05) is 6.08 Å². The molecule has 0 aliphatic carbocycles. The molecule has 0 radical (unpaired) electrons. The van der Waals surface area contributed by atoms with Crippen LogP contribution in [0.25, 0.3) is 0 Å². The number of Topliss-reactive ketones (excluding diaryl/α,β-unsaturated/α-hetero) is 1. The highest BCUT2D eigenvalue weighted by Crippen LogP contribution is 1.50. The second-order valence-corrected chi connectivity index (χ2v) is 1.32. The summed E-state index contributed by atoms with van der Waals surface area (Å²) in [5, 5.41) is 0. The van der Waals surface area contributed by atoms with Gasteiger partial charge in [0.25, 0.3) is 0 Å². The van der Waals surface area contributed by atoms with Crippen molar-refractivity contribution in [2.75, 3.05) is 0 Å². The predicted molar refractivity (Wildman–Crippen MR) is 32.2 cm³/mol. The van der Waals surface area contributed by atoms with Gasteiger partial charge in [0.15, 0.2) is 0 Å². The van der Waals surface area contributed by atoms with Crippen LogP contribution in [0.2, 0.25) is 0 Å². The summed E-state index contributed by atoms with van der Waals surface area (Å²) >= 11 is 0. The number of rotatable bonds is 0. The van der Waals surface area contributed by atoms with Crippen LogP contribution in [0.1, 0.15) is 20.8 Å². The van der Waals surface area contributed by atoms with Crippen molar-refractivity contribution in [2.45, 2.75) is 20.8 Å². The first kappa shape index (κ1) is 9.65. The number of carbonyl (C=O) groups excluding carboxylic acids is 1. The predicted octanol–water partition coefficient (Wildman–Crippen LogP) is 1.79. The van der Waals surface area contributed by atoms with Gasteiger partial charge in [0, 0.05) is 0 Å². The molecule has 0 aliphatic rings. The molecule has 0 amide bonds. The van der Waals surface area contributed by atoms with Crippen LogP contribution in [0, 0.1) is 0 Å². The fraction of sp³-hybridized carbons (Fsp3) is 0.500. The van der Waals surface area contributed by atoms with Crippen molar-refractivity contribution in [3.63, 3.8) is 0 Å². The van der Waals surface area contributed by atoms with Gasteiger partial charge in [0.2, 0.25) is 0 Å². The van der Waals surface area contributed by atoms with Gasteiger partial charge in [-0.05, 0) is 20.8 Å². The molecule has 0 N–H and O–H groups in total. The van der Waals surface area contributed by atoms with E-state index in [1.54, 1.807) is 6.08 Å². The van der Waals surface area contributed by atoms with Crippen LogP contribution in [-0.2, 0) is 4.79 Å². The lowest BCUT2D eigenvalue weighted by atomic mass is 10.6. The van der Waals surface area contributed by atoms with Crippen molar-refractivity contribution in [3.8, 4) is 0 Å². The van der Waals surface area contributed by atoms with E-state index >= 15 is 0 Å². The van der Waals surface area contributed by atoms with Crippen LogP contribution in [-0.4, -0.2) is 5.78 Å². The fourth-order valence-corrected chi connectivity index (χ4v) is 0. The highest BCUT2D eigenvalue weighted by molar-refractivity contribution is 5.72. The highest BCUT2D eigenvalue weighted by Gasteiger charge is 1.62. The standard InChI is InChI=1S/C3H6O.C3H6/c1-3(2)4;1-3-2/h1-2H3;3H,1H2,2H3. The molecule has 0 spiro atoms. The molecule has 0 aliphatic heterocycles. The molecule has 0 aromatic rings. The number of hydrogen-bond acceptors (Lipinski definition) is 1. The van der Waals surface area contributed by atoms with E-state index in [1.165, 1.54) is 13.8 Å². The van der Waals surface area contributed by atoms with Crippen molar-refractivity contribution < 1.29 is 4.79 Å². The van der Waals surface area contributed by atoms with Crippen LogP contribution in [0.3, 0.4) is 0 Å². The number of carbonyl (C=O) groups is 1. The van der Waals surface area contributed by atoms with Gasteiger partial charge >= 0.3 is 0 Å². The molecule has 0 fully saturated rings. The average molecular weight is 100 g/mol. The minimum Gasteiger partial charge on any atom is -0.300 e. The maximum Gasteiger partial charge on any atom is 0.126 e.